The van der Waals surface area contributed by atoms with Gasteiger partial charge in [-0.2, -0.15) is 0 Å². The van der Waals surface area contributed by atoms with Crippen LogP contribution in [0.3, 0.4) is 0 Å². The highest BCUT2D eigenvalue weighted by Gasteiger charge is 2.53. The summed E-state index contributed by atoms with van der Waals surface area (Å²) in [5.41, 5.74) is 1.30. The largest absolute Gasteiger partial charge is 0.460 e. The Bertz CT molecular complexity index is 1770. The lowest BCUT2D eigenvalue weighted by Crippen LogP contribution is -2.61. The molecule has 2 N–H and O–H groups in total. The van der Waals surface area contributed by atoms with E-state index in [1.807, 2.05) is 58.1 Å². The molecule has 66 heavy (non-hydrogen) atoms. The van der Waals surface area contributed by atoms with E-state index < -0.39 is 77.8 Å². The first kappa shape index (κ1) is 55.3. The molecule has 0 radical (unpaired) electrons. The number of carbonyl (C=O) groups is 5. The summed E-state index contributed by atoms with van der Waals surface area (Å²) in [6, 6.07) is -1.11. The number of amides is 1. The van der Waals surface area contributed by atoms with Crippen molar-refractivity contribution in [3.05, 3.63) is 47.6 Å². The Morgan fingerprint density at radius 1 is 0.864 bits per heavy atom. The number of fused-ring (bicyclic) bond motifs is 3. The van der Waals surface area contributed by atoms with Gasteiger partial charge in [-0.1, -0.05) is 84.4 Å². The number of esters is 1. The molecule has 2 bridgehead atoms. The Kier molecular flexibility index (Phi) is 21.7. The molecule has 2 saturated heterocycles. The first-order valence-corrected chi connectivity index (χ1v) is 24.8. The Morgan fingerprint density at radius 3 is 2.26 bits per heavy atom. The van der Waals surface area contributed by atoms with E-state index in [2.05, 4.69) is 6.92 Å². The highest BCUT2D eigenvalue weighted by molar-refractivity contribution is 6.39. The van der Waals surface area contributed by atoms with Crippen molar-refractivity contribution in [3.8, 4) is 0 Å². The van der Waals surface area contributed by atoms with Crippen LogP contribution < -0.4 is 0 Å². The molecule has 15 atom stereocenters. The third-order valence-electron chi connectivity index (χ3n) is 15.2. The zero-order valence-electron chi connectivity index (χ0n) is 41.9. The maximum atomic E-state index is 14.4. The van der Waals surface area contributed by atoms with Crippen LogP contribution in [0.4, 0.5) is 0 Å². The van der Waals surface area contributed by atoms with Crippen molar-refractivity contribution in [3.63, 3.8) is 0 Å². The SMILES string of the molecule is CC[C@@H]1CC[C@@H](C[C@@H](C)[C@@H]2CC(=O)[C@H](C)/C=C(\C)[C@@H](O)[C@@H](OC)C(=O)[C@H](C)C[C@H](C)/C=C/C=C/C=C(\C)[C@@H](OC)C[C@@H]3CC[C@@H](C)[C@@](O)(O3)C(=O)C(=O)N3CCCC[C@H]3C(=O)O2)C[C@H]1OC. The lowest BCUT2D eigenvalue weighted by molar-refractivity contribution is -0.265. The molecule has 13 heteroatoms. The summed E-state index contributed by atoms with van der Waals surface area (Å²) in [6.45, 7) is 15.1. The Hall–Kier alpha value is -3.33. The van der Waals surface area contributed by atoms with Crippen molar-refractivity contribution < 1.29 is 57.9 Å². The van der Waals surface area contributed by atoms with Gasteiger partial charge in [-0.25, -0.2) is 4.79 Å². The summed E-state index contributed by atoms with van der Waals surface area (Å²) >= 11 is 0. The van der Waals surface area contributed by atoms with Crippen molar-refractivity contribution in [2.24, 2.45) is 41.4 Å². The molecule has 1 amide bonds. The molecule has 1 aliphatic carbocycles. The highest BCUT2D eigenvalue weighted by Crippen LogP contribution is 2.39. The molecule has 0 unspecified atom stereocenters. The van der Waals surface area contributed by atoms with Crippen molar-refractivity contribution in [2.45, 2.75) is 187 Å². The molecule has 4 rings (SSSR count). The van der Waals surface area contributed by atoms with Crippen molar-refractivity contribution in [1.82, 2.24) is 4.90 Å². The number of nitrogens with zero attached hydrogens (tertiary/aromatic N) is 1. The number of cyclic esters (lactones) is 1. The van der Waals surface area contributed by atoms with Crippen LogP contribution in [0, 0.1) is 41.4 Å². The summed E-state index contributed by atoms with van der Waals surface area (Å²) in [5, 5.41) is 23.4. The molecular formula is C53H83NO12. The van der Waals surface area contributed by atoms with Crippen LogP contribution in [-0.2, 0) is 47.7 Å². The summed E-state index contributed by atoms with van der Waals surface area (Å²) in [5.74, 6) is -7.01. The number of aliphatic hydroxyl groups excluding tert-OH is 1. The minimum Gasteiger partial charge on any atom is -0.460 e. The average molecular weight is 926 g/mol. The summed E-state index contributed by atoms with van der Waals surface area (Å²) in [4.78, 5) is 72.1. The summed E-state index contributed by atoms with van der Waals surface area (Å²) in [6.07, 6.45) is 14.7. The lowest BCUT2D eigenvalue weighted by atomic mass is 9.74. The number of ketones is 3. The first-order chi connectivity index (χ1) is 31.3. The van der Waals surface area contributed by atoms with Gasteiger partial charge in [-0.3, -0.25) is 19.2 Å². The number of hydrogen-bond acceptors (Lipinski definition) is 12. The number of carbonyl (C=O) groups excluding carboxylic acids is 5. The van der Waals surface area contributed by atoms with Crippen molar-refractivity contribution in [1.29, 1.82) is 0 Å². The molecule has 3 fully saturated rings. The fourth-order valence-corrected chi connectivity index (χ4v) is 10.7. The number of methoxy groups -OCH3 is 3. The fraction of sp³-hybridized carbons (Fsp3) is 0.755. The predicted molar refractivity (Wildman–Crippen MR) is 253 cm³/mol. The molecule has 0 spiro atoms. The van der Waals surface area contributed by atoms with Gasteiger partial charge < -0.3 is 38.8 Å². The van der Waals surface area contributed by atoms with Gasteiger partial charge in [0.15, 0.2) is 5.78 Å². The Labute approximate surface area is 395 Å². The van der Waals surface area contributed by atoms with Crippen LogP contribution in [-0.4, -0.2) is 121 Å². The molecule has 13 nitrogen and oxygen atoms in total. The monoisotopic (exact) mass is 926 g/mol. The Balaban J connectivity index is 1.70. The van der Waals surface area contributed by atoms with E-state index in [9.17, 15) is 34.2 Å². The minimum absolute atomic E-state index is 0.0301. The lowest BCUT2D eigenvalue weighted by Gasteiger charge is -2.42. The summed E-state index contributed by atoms with van der Waals surface area (Å²) < 4.78 is 29.8. The third kappa shape index (κ3) is 14.4. The van der Waals surface area contributed by atoms with Crippen LogP contribution in [0.25, 0.3) is 0 Å². The molecule has 1 saturated carbocycles. The molecule has 0 aromatic rings. The maximum Gasteiger partial charge on any atom is 0.329 e. The second-order valence-corrected chi connectivity index (χ2v) is 20.2. The zero-order chi connectivity index (χ0) is 48.9. The molecule has 4 aliphatic rings. The van der Waals surface area contributed by atoms with Gasteiger partial charge in [0.05, 0.1) is 18.3 Å². The molecule has 3 aliphatic heterocycles. The van der Waals surface area contributed by atoms with E-state index in [0.717, 1.165) is 31.3 Å². The van der Waals surface area contributed by atoms with Crippen LogP contribution >= 0.6 is 0 Å². The van der Waals surface area contributed by atoms with Gasteiger partial charge in [-0.05, 0) is 113 Å². The van der Waals surface area contributed by atoms with Crippen LogP contribution in [0.2, 0.25) is 0 Å². The van der Waals surface area contributed by atoms with E-state index in [4.69, 9.17) is 23.7 Å². The number of hydrogen-bond donors (Lipinski definition) is 2. The van der Waals surface area contributed by atoms with Gasteiger partial charge in [0.25, 0.3) is 11.7 Å². The maximum absolute atomic E-state index is 14.4. The Morgan fingerprint density at radius 2 is 1.59 bits per heavy atom. The van der Waals surface area contributed by atoms with E-state index in [1.54, 1.807) is 41.1 Å². The topological polar surface area (TPSA) is 175 Å². The smallest absolute Gasteiger partial charge is 0.329 e. The van der Waals surface area contributed by atoms with Gasteiger partial charge >= 0.3 is 5.97 Å². The van der Waals surface area contributed by atoms with Crippen LogP contribution in [0.1, 0.15) is 139 Å². The van der Waals surface area contributed by atoms with E-state index in [0.29, 0.717) is 56.4 Å². The second-order valence-electron chi connectivity index (χ2n) is 20.2. The molecular weight excluding hydrogens is 843 g/mol. The quantitative estimate of drug-likeness (QED) is 0.144. The molecule has 3 heterocycles. The number of allylic oxidation sites excluding steroid dienone is 6. The molecule has 0 aromatic carbocycles. The second kappa shape index (κ2) is 25.9. The fourth-order valence-electron chi connectivity index (χ4n) is 10.7. The molecule has 372 valence electrons. The van der Waals surface area contributed by atoms with Crippen molar-refractivity contribution in [2.75, 3.05) is 27.9 Å². The number of Topliss-reactive ketones (excluding diaryl/α,β-unsaturated/α-hetero) is 3. The van der Waals surface area contributed by atoms with Crippen molar-refractivity contribution >= 4 is 29.2 Å². The minimum atomic E-state index is -2.41. The molecule has 0 aromatic heterocycles. The zero-order valence-corrected chi connectivity index (χ0v) is 41.9. The van der Waals surface area contributed by atoms with Crippen LogP contribution in [0.15, 0.2) is 47.6 Å². The van der Waals surface area contributed by atoms with Gasteiger partial charge in [-0.15, -0.1) is 0 Å². The first-order valence-electron chi connectivity index (χ1n) is 24.8. The third-order valence-corrected chi connectivity index (χ3v) is 15.2. The van der Waals surface area contributed by atoms with Crippen LogP contribution in [0.5, 0.6) is 0 Å². The average Bonchev–Trinajstić information content (AvgIpc) is 3.30. The predicted octanol–water partition coefficient (Wildman–Crippen LogP) is 7.85. The van der Waals surface area contributed by atoms with Gasteiger partial charge in [0.2, 0.25) is 5.79 Å². The van der Waals surface area contributed by atoms with Gasteiger partial charge in [0.1, 0.15) is 30.1 Å². The van der Waals surface area contributed by atoms with Gasteiger partial charge in [0, 0.05) is 58.5 Å². The highest BCUT2D eigenvalue weighted by atomic mass is 16.6. The number of piperidine rings is 1. The summed E-state index contributed by atoms with van der Waals surface area (Å²) in [7, 11) is 4.73. The number of rotatable bonds is 7. The van der Waals surface area contributed by atoms with E-state index in [-0.39, 0.29) is 54.8 Å². The van der Waals surface area contributed by atoms with E-state index in [1.165, 1.54) is 12.0 Å². The van der Waals surface area contributed by atoms with E-state index >= 15 is 0 Å². The normalized spacial score (nSPS) is 40.0. The number of aliphatic hydroxyl groups is 2. The standard InChI is InChI=1S/C53H83NO12/c1-12-40-23-22-39(29-46(40)63-10)28-35(5)45-31-43(55)34(4)27-37(7)48(57)49(64-11)47(56)36(6)26-32(2)18-14-13-15-19-33(3)44(62-9)30-41-24-21-38(8)53(61,66-41)50(58)51(59)54-25-17-16-20-42(54)52(60)65-45/h13-15,18-19,27,32,34-36,38-42,44-46,48-49,57,61H,12,16-17,20-26,28-31H2,1-11H3/b15-13+,18-14+,33-19+,37-27+/t32-,34-,35-,36-,38-,39+,40-,41+,42+,44+,45+,46-,48-,49+,53-/m1/s1. The number of ether oxygens (including phenoxy) is 5.